The monoisotopic (exact) mass is 680 g/mol. The Morgan fingerprint density at radius 3 is 1.52 bits per heavy atom. The quantitative estimate of drug-likeness (QED) is 0.295. The fourth-order valence-electron chi connectivity index (χ4n) is 5.55. The summed E-state index contributed by atoms with van der Waals surface area (Å²) in [6, 6.07) is 17.5. The van der Waals surface area contributed by atoms with Gasteiger partial charge in [0.1, 0.15) is 34.9 Å². The molecule has 0 bridgehead atoms. The minimum Gasteiger partial charge on any atom is -1.00 e. The summed E-state index contributed by atoms with van der Waals surface area (Å²) in [4.78, 5) is 40.5. The van der Waals surface area contributed by atoms with Crippen molar-refractivity contribution in [3.8, 4) is 0 Å². The van der Waals surface area contributed by atoms with E-state index >= 15 is 0 Å². The van der Waals surface area contributed by atoms with Crippen LogP contribution in [-0.2, 0) is 28.5 Å². The molecule has 0 aromatic heterocycles. The maximum Gasteiger partial charge on any atom is 1.00 e. The molecular formula is C35H54AlLiN2O9. The summed E-state index contributed by atoms with van der Waals surface area (Å²) in [5.41, 5.74) is -1.41. The normalized spacial score (nSPS) is 22.7. The topological polar surface area (TPSA) is 124 Å². The van der Waals surface area contributed by atoms with Crippen molar-refractivity contribution in [2.45, 2.75) is 116 Å². The molecule has 2 aromatic rings. The van der Waals surface area contributed by atoms with Crippen LogP contribution in [-0.4, -0.2) is 98.9 Å². The molecule has 2 fully saturated rings. The fraction of sp³-hybridized carbons (Fsp3) is 0.571. The van der Waals surface area contributed by atoms with E-state index in [2.05, 4.69) is 0 Å². The Morgan fingerprint density at radius 2 is 1.12 bits per heavy atom. The number of methoxy groups -OCH3 is 1. The van der Waals surface area contributed by atoms with Gasteiger partial charge < -0.3 is 30.2 Å². The molecule has 0 spiro atoms. The summed E-state index contributed by atoms with van der Waals surface area (Å²) < 4.78 is 28.0. The summed E-state index contributed by atoms with van der Waals surface area (Å²) >= 11 is 0. The van der Waals surface area contributed by atoms with E-state index in [9.17, 15) is 19.5 Å². The predicted octanol–water partition coefficient (Wildman–Crippen LogP) is 2.30. The van der Waals surface area contributed by atoms with Crippen LogP contribution in [0.15, 0.2) is 60.7 Å². The van der Waals surface area contributed by atoms with Gasteiger partial charge in [0.2, 0.25) is 0 Å². The zero-order chi connectivity index (χ0) is 34.7. The van der Waals surface area contributed by atoms with Crippen LogP contribution in [0.1, 0.15) is 94.0 Å². The number of esters is 1. The molecule has 11 nitrogen and oxygen atoms in total. The first-order valence-electron chi connectivity index (χ1n) is 15.4. The molecule has 2 saturated heterocycles. The predicted molar refractivity (Wildman–Crippen MR) is 183 cm³/mol. The molecule has 0 radical (unpaired) electrons. The number of amides is 2. The Morgan fingerprint density at radius 1 is 0.750 bits per heavy atom. The molecule has 2 amide bonds. The van der Waals surface area contributed by atoms with Gasteiger partial charge in [0.05, 0.1) is 19.8 Å². The average molecular weight is 681 g/mol. The van der Waals surface area contributed by atoms with E-state index in [-0.39, 0.29) is 50.4 Å². The van der Waals surface area contributed by atoms with Crippen molar-refractivity contribution in [2.75, 3.05) is 13.7 Å². The van der Waals surface area contributed by atoms with E-state index in [0.717, 1.165) is 11.1 Å². The minimum atomic E-state index is -1.01. The number of carbonyl (C=O) groups excluding carboxylic acids is 3. The second kappa shape index (κ2) is 16.9. The van der Waals surface area contributed by atoms with Crippen LogP contribution in [0.4, 0.5) is 9.59 Å². The fourth-order valence-corrected chi connectivity index (χ4v) is 5.55. The van der Waals surface area contributed by atoms with Crippen LogP contribution >= 0.6 is 0 Å². The molecule has 48 heavy (non-hydrogen) atoms. The van der Waals surface area contributed by atoms with Crippen LogP contribution in [0, 0.1) is 0 Å². The van der Waals surface area contributed by atoms with Crippen molar-refractivity contribution >= 4 is 35.5 Å². The van der Waals surface area contributed by atoms with E-state index in [1.54, 1.807) is 34.6 Å². The first-order chi connectivity index (χ1) is 21.2. The van der Waals surface area contributed by atoms with Crippen molar-refractivity contribution in [1.82, 2.24) is 9.80 Å². The van der Waals surface area contributed by atoms with Gasteiger partial charge in [0.25, 0.3) is 0 Å². The van der Waals surface area contributed by atoms with E-state index in [0.29, 0.717) is 0 Å². The average Bonchev–Trinajstić information content (AvgIpc) is 3.40. The van der Waals surface area contributed by atoms with Gasteiger partial charge in [0, 0.05) is 0 Å². The number of nitrogens with zero attached hydrogens (tertiary/aromatic N) is 2. The van der Waals surface area contributed by atoms with Gasteiger partial charge in [-0.2, -0.15) is 0 Å². The number of aliphatic hydroxyl groups is 1. The number of rotatable bonds is 4. The Hall–Kier alpha value is -2.54. The van der Waals surface area contributed by atoms with Crippen LogP contribution < -0.4 is 18.9 Å². The van der Waals surface area contributed by atoms with Gasteiger partial charge >= 0.3 is 37.0 Å². The first kappa shape index (κ1) is 43.5. The number of aliphatic hydroxyl groups excluding tert-OH is 1. The van der Waals surface area contributed by atoms with E-state index < -0.39 is 59.0 Å². The molecule has 4 rings (SSSR count). The molecule has 2 heterocycles. The second-order valence-electron chi connectivity index (χ2n) is 14.2. The molecule has 0 saturated carbocycles. The van der Waals surface area contributed by atoms with Gasteiger partial charge in [-0.15, -0.1) is 0 Å². The number of carbonyl (C=O) groups is 3. The number of hydrogen-bond acceptors (Lipinski definition) is 9. The summed E-state index contributed by atoms with van der Waals surface area (Å²) in [5, 5.41) is 9.82. The van der Waals surface area contributed by atoms with Gasteiger partial charge in [0.15, 0.2) is 23.4 Å². The third kappa shape index (κ3) is 10.7. The van der Waals surface area contributed by atoms with Crippen LogP contribution in [0.3, 0.4) is 0 Å². The van der Waals surface area contributed by atoms with Gasteiger partial charge in [-0.3, -0.25) is 9.80 Å². The molecule has 0 aliphatic carbocycles. The summed E-state index contributed by atoms with van der Waals surface area (Å²) in [5.74, 6) is -0.541. The van der Waals surface area contributed by atoms with Crippen molar-refractivity contribution in [3.63, 3.8) is 0 Å². The van der Waals surface area contributed by atoms with Crippen LogP contribution in [0.2, 0.25) is 0 Å². The first-order valence-corrected chi connectivity index (χ1v) is 15.4. The minimum absolute atomic E-state index is 0. The smallest absolute Gasteiger partial charge is 1.00 e. The van der Waals surface area contributed by atoms with Crippen molar-refractivity contribution in [3.05, 3.63) is 71.8 Å². The molecule has 2 aromatic carbocycles. The third-order valence-corrected chi connectivity index (χ3v) is 7.30. The van der Waals surface area contributed by atoms with Gasteiger partial charge in [-0.05, 0) is 80.4 Å². The molecule has 2 aliphatic rings. The molecular weight excluding hydrogens is 626 g/mol. The SMILES string of the molecule is CC(C)(C)OC(=O)N1[C@H](CO)[C@@H](c2ccccc2)OC1(C)C.COC(=O)[C@@H]1[C@@H](c2ccccc2)OC(C)(C)N1C(=O)OC(C)(C)C.[AlH3].[H-].[Li+]. The maximum atomic E-state index is 12.7. The molecule has 262 valence electrons. The van der Waals surface area contributed by atoms with Crippen LogP contribution in [0.25, 0.3) is 0 Å². The molecule has 1 N–H and O–H groups in total. The van der Waals surface area contributed by atoms with Crippen molar-refractivity contribution < 1.29 is 63.5 Å². The maximum absolute atomic E-state index is 12.7. The van der Waals surface area contributed by atoms with E-state index in [1.807, 2.05) is 95.3 Å². The zero-order valence-corrected chi connectivity index (χ0v) is 29.9. The number of ether oxygens (including phenoxy) is 5. The second-order valence-corrected chi connectivity index (χ2v) is 14.2. The molecule has 2 aliphatic heterocycles. The number of hydrogen-bond donors (Lipinski definition) is 1. The van der Waals surface area contributed by atoms with Gasteiger partial charge in [-0.1, -0.05) is 60.7 Å². The molecule has 13 heteroatoms. The van der Waals surface area contributed by atoms with Crippen LogP contribution in [0.5, 0.6) is 0 Å². The molecule has 0 unspecified atom stereocenters. The van der Waals surface area contributed by atoms with Gasteiger partial charge in [-0.25, -0.2) is 14.4 Å². The Kier molecular flexibility index (Phi) is 15.3. The summed E-state index contributed by atoms with van der Waals surface area (Å²) in [7, 11) is 1.29. The molecule has 4 atom stereocenters. The van der Waals surface area contributed by atoms with E-state index in [1.165, 1.54) is 16.9 Å². The summed E-state index contributed by atoms with van der Waals surface area (Å²) in [6.45, 7) is 17.7. The zero-order valence-electron chi connectivity index (χ0n) is 30.9. The van der Waals surface area contributed by atoms with Crippen molar-refractivity contribution in [2.24, 2.45) is 0 Å². The van der Waals surface area contributed by atoms with Crippen molar-refractivity contribution in [1.29, 1.82) is 0 Å². The Bertz CT molecular complexity index is 1350. The summed E-state index contributed by atoms with van der Waals surface area (Å²) in [6.07, 6.45) is -2.09. The largest absolute Gasteiger partial charge is 1.00 e. The standard InChI is InChI=1S/C18H25NO5.C17H25NO4.Al.Li.4H/c1-17(2,3)24-16(21)19-13(15(20)22-6)14(23-18(19,4)5)12-10-8-7-9-11-12;1-16(2,3)22-15(20)18-13(11-19)14(21-17(18,4)5)12-9-7-6-8-10-12;;;;;;/h7-11,13-14H,1-6H3;6-10,13-14,19H,11H2,1-5H3;;;;;;/q;;;+1;;;;-1/t13-,14+;13-,14-;;;;;;/m01....../s1. The third-order valence-electron chi connectivity index (χ3n) is 7.30. The Balaban J connectivity index is 0.000000889. The van der Waals surface area contributed by atoms with E-state index in [4.69, 9.17) is 23.7 Å². The number of benzene rings is 2. The Labute approximate surface area is 309 Å².